The van der Waals surface area contributed by atoms with Crippen molar-refractivity contribution >= 4 is 52.6 Å². The molecule has 0 aliphatic carbocycles. The van der Waals surface area contributed by atoms with Gasteiger partial charge in [0, 0.05) is 42.1 Å². The van der Waals surface area contributed by atoms with Crippen LogP contribution in [0.15, 0.2) is 24.4 Å². The molecule has 2 saturated heterocycles. The Hall–Kier alpha value is -2.95. The van der Waals surface area contributed by atoms with Crippen LogP contribution in [0.5, 0.6) is 0 Å². The van der Waals surface area contributed by atoms with Crippen molar-refractivity contribution in [3.8, 4) is 0 Å². The van der Waals surface area contributed by atoms with Crippen LogP contribution in [0, 0.1) is 18.8 Å². The summed E-state index contributed by atoms with van der Waals surface area (Å²) in [4.78, 5) is 34.2. The lowest BCUT2D eigenvalue weighted by molar-refractivity contribution is -0.138. The number of aromatic nitrogens is 4. The van der Waals surface area contributed by atoms with Crippen LogP contribution in [0.1, 0.15) is 56.8 Å². The second kappa shape index (κ2) is 13.1. The number of carboxylic acid groups (broad SMARTS) is 2. The molecule has 2 fully saturated rings. The number of hydrogen-bond donors (Lipinski definition) is 2. The Labute approximate surface area is 243 Å². The highest BCUT2D eigenvalue weighted by molar-refractivity contribution is 6.35. The fourth-order valence-corrected chi connectivity index (χ4v) is 6.70. The van der Waals surface area contributed by atoms with E-state index in [1.807, 2.05) is 29.9 Å². The Balaban J connectivity index is 0.00000118. The van der Waals surface area contributed by atoms with Gasteiger partial charge in [0.25, 0.3) is 6.47 Å². The maximum atomic E-state index is 11.2. The summed E-state index contributed by atoms with van der Waals surface area (Å²) >= 11 is 12.6. The van der Waals surface area contributed by atoms with Crippen molar-refractivity contribution in [2.24, 2.45) is 11.8 Å². The number of likely N-dealkylation sites (tertiary alicyclic amines) is 1. The Kier molecular flexibility index (Phi) is 9.86. The summed E-state index contributed by atoms with van der Waals surface area (Å²) in [5, 5.41) is 22.1. The molecule has 0 radical (unpaired) electrons. The van der Waals surface area contributed by atoms with Crippen LogP contribution in [-0.4, -0.2) is 79.5 Å². The molecule has 4 heterocycles. The van der Waals surface area contributed by atoms with E-state index >= 15 is 0 Å². The smallest absolute Gasteiger partial charge is 0.303 e. The maximum Gasteiger partial charge on any atom is 0.303 e. The van der Waals surface area contributed by atoms with Gasteiger partial charge in [-0.05, 0) is 69.2 Å². The van der Waals surface area contributed by atoms with Crippen LogP contribution >= 0.6 is 23.2 Å². The Morgan fingerprint density at radius 1 is 1.23 bits per heavy atom. The molecule has 2 aromatic heterocycles. The van der Waals surface area contributed by atoms with Gasteiger partial charge in [0.1, 0.15) is 11.3 Å². The Bertz CT molecular complexity index is 1350. The monoisotopic (exact) mass is 590 g/mol. The van der Waals surface area contributed by atoms with Gasteiger partial charge in [0.2, 0.25) is 0 Å². The number of anilines is 1. The third-order valence-corrected chi connectivity index (χ3v) is 8.57. The molecule has 3 aromatic rings. The number of piperidine rings is 2. The molecular weight excluding hydrogens is 555 g/mol. The lowest BCUT2D eigenvalue weighted by atomic mass is 9.87. The van der Waals surface area contributed by atoms with Crippen LogP contribution in [0.25, 0.3) is 11.2 Å². The van der Waals surface area contributed by atoms with Crippen molar-refractivity contribution in [1.82, 2.24) is 24.6 Å². The van der Waals surface area contributed by atoms with Gasteiger partial charge < -0.3 is 15.1 Å². The van der Waals surface area contributed by atoms with E-state index in [2.05, 4.69) is 23.6 Å². The predicted octanol–water partition coefficient (Wildman–Crippen LogP) is 5.15. The minimum Gasteiger partial charge on any atom is -0.483 e. The number of carboxylic acids is 1. The number of fused-ring (bicyclic) bond motifs is 1. The van der Waals surface area contributed by atoms with Gasteiger partial charge in [-0.3, -0.25) is 14.5 Å². The van der Waals surface area contributed by atoms with E-state index in [0.29, 0.717) is 22.0 Å². The molecule has 4 atom stereocenters. The number of aryl methyl sites for hydroxylation is 1. The van der Waals surface area contributed by atoms with E-state index in [4.69, 9.17) is 48.2 Å². The summed E-state index contributed by atoms with van der Waals surface area (Å²) in [6.07, 6.45) is 5.24. The summed E-state index contributed by atoms with van der Waals surface area (Å²) in [5.74, 6) is 0.860. The summed E-state index contributed by atoms with van der Waals surface area (Å²) in [6, 6.07) is 5.86. The zero-order chi connectivity index (χ0) is 29.0. The number of carbonyl (C=O) groups is 2. The first-order valence-electron chi connectivity index (χ1n) is 13.6. The molecular formula is C28H36Cl2N6O4. The zero-order valence-corrected chi connectivity index (χ0v) is 24.5. The average molecular weight is 592 g/mol. The van der Waals surface area contributed by atoms with Crippen molar-refractivity contribution in [3.05, 3.63) is 45.7 Å². The molecule has 0 bridgehead atoms. The zero-order valence-electron chi connectivity index (χ0n) is 23.0. The second-order valence-electron chi connectivity index (χ2n) is 10.8. The van der Waals surface area contributed by atoms with Crippen molar-refractivity contribution in [2.45, 2.75) is 58.5 Å². The molecule has 2 aliphatic heterocycles. The van der Waals surface area contributed by atoms with Crippen LogP contribution in [-0.2, 0) is 9.59 Å². The summed E-state index contributed by atoms with van der Waals surface area (Å²) in [5.41, 5.74) is 3.30. The van der Waals surface area contributed by atoms with Gasteiger partial charge in [-0.2, -0.15) is 5.10 Å². The van der Waals surface area contributed by atoms with Crippen LogP contribution in [0.2, 0.25) is 10.0 Å². The molecule has 10 nitrogen and oxygen atoms in total. The first-order chi connectivity index (χ1) is 19.1. The molecule has 0 amide bonds. The van der Waals surface area contributed by atoms with Crippen molar-refractivity contribution in [3.63, 3.8) is 0 Å². The van der Waals surface area contributed by atoms with Gasteiger partial charge in [-0.15, -0.1) is 0 Å². The summed E-state index contributed by atoms with van der Waals surface area (Å²) < 4.78 is 1.91. The second-order valence-corrected chi connectivity index (χ2v) is 11.6. The first-order valence-corrected chi connectivity index (χ1v) is 14.3. The van der Waals surface area contributed by atoms with Crippen LogP contribution < -0.4 is 4.90 Å². The highest BCUT2D eigenvalue weighted by atomic mass is 35.5. The number of aliphatic carboxylic acids is 1. The lowest BCUT2D eigenvalue weighted by Gasteiger charge is -2.45. The van der Waals surface area contributed by atoms with Crippen molar-refractivity contribution in [2.75, 3.05) is 31.1 Å². The highest BCUT2D eigenvalue weighted by Gasteiger charge is 2.34. The molecule has 0 saturated carbocycles. The third-order valence-electron chi connectivity index (χ3n) is 8.00. The standard InChI is InChI=1S/C27H34Cl2N6O2.CH2O2/c1-16-14-34(10-8-23(16)33-9-4-5-19(15-33)11-25(36)37)24-13-30-26-17(2)32-35(27(26)31-24)18(3)21-7-6-20(28)12-22(21)29;2-1-3/h6-7,12-13,16,18-19,23H,4-5,8-11,14-15H2,1-3H3,(H,36,37);1H,(H,2,3)/t16-,18-,19+,23+;/m1./s1. The normalized spacial score (nSPS) is 22.4. The fraction of sp³-hybridized carbons (Fsp3) is 0.536. The van der Waals surface area contributed by atoms with E-state index in [9.17, 15) is 9.90 Å². The quantitative estimate of drug-likeness (QED) is 0.375. The number of hydrogen-bond acceptors (Lipinski definition) is 7. The van der Waals surface area contributed by atoms with E-state index < -0.39 is 5.97 Å². The SMILES string of the molecule is Cc1nn([C@H](C)c2ccc(Cl)cc2Cl)c2nc(N3CC[C@H](N4CCC[C@@H](CC(=O)O)C4)[C@H](C)C3)cnc12.O=CO. The predicted molar refractivity (Wildman–Crippen MR) is 155 cm³/mol. The Morgan fingerprint density at radius 2 is 1.98 bits per heavy atom. The number of rotatable bonds is 6. The van der Waals surface area contributed by atoms with E-state index in [1.165, 1.54) is 0 Å². The number of benzene rings is 1. The molecule has 216 valence electrons. The van der Waals surface area contributed by atoms with Crippen molar-refractivity contribution < 1.29 is 19.8 Å². The fourth-order valence-electron chi connectivity index (χ4n) is 6.13. The highest BCUT2D eigenvalue weighted by Crippen LogP contribution is 2.33. The minimum absolute atomic E-state index is 0.131. The minimum atomic E-state index is -0.689. The topological polar surface area (TPSA) is 125 Å². The van der Waals surface area contributed by atoms with Gasteiger partial charge in [0.05, 0.1) is 17.9 Å². The molecule has 0 unspecified atom stereocenters. The molecule has 0 spiro atoms. The summed E-state index contributed by atoms with van der Waals surface area (Å²) in [6.45, 7) is 9.77. The van der Waals surface area contributed by atoms with E-state index in [1.54, 1.807) is 6.07 Å². The van der Waals surface area contributed by atoms with Gasteiger partial charge >= 0.3 is 5.97 Å². The largest absolute Gasteiger partial charge is 0.483 e. The average Bonchev–Trinajstić information content (AvgIpc) is 3.24. The van der Waals surface area contributed by atoms with Gasteiger partial charge in [-0.25, -0.2) is 14.6 Å². The van der Waals surface area contributed by atoms with Crippen LogP contribution in [0.4, 0.5) is 5.82 Å². The molecule has 2 aliphatic rings. The molecule has 12 heteroatoms. The van der Waals surface area contributed by atoms with Gasteiger partial charge in [0.15, 0.2) is 5.65 Å². The molecule has 5 rings (SSSR count). The maximum absolute atomic E-state index is 11.2. The molecule has 1 aromatic carbocycles. The first kappa shape index (κ1) is 30.0. The van der Waals surface area contributed by atoms with E-state index in [0.717, 1.165) is 73.7 Å². The van der Waals surface area contributed by atoms with Gasteiger partial charge in [-0.1, -0.05) is 36.2 Å². The third kappa shape index (κ3) is 6.67. The van der Waals surface area contributed by atoms with E-state index in [-0.39, 0.29) is 24.9 Å². The van der Waals surface area contributed by atoms with Crippen molar-refractivity contribution in [1.29, 1.82) is 0 Å². The Morgan fingerprint density at radius 3 is 2.65 bits per heavy atom. The molecule has 2 N–H and O–H groups in total. The summed E-state index contributed by atoms with van der Waals surface area (Å²) in [7, 11) is 0. The molecule has 40 heavy (non-hydrogen) atoms. The van der Waals surface area contributed by atoms with Crippen LogP contribution in [0.3, 0.4) is 0 Å². The number of nitrogens with zero attached hydrogens (tertiary/aromatic N) is 6. The number of halogens is 2. The lowest BCUT2D eigenvalue weighted by Crippen LogP contribution is -2.53.